The number of fused-ring (bicyclic) bond motifs is 1. The lowest BCUT2D eigenvalue weighted by atomic mass is 10.2. The van der Waals surface area contributed by atoms with Crippen molar-refractivity contribution in [2.75, 3.05) is 26.3 Å². The number of imidazole rings is 1. The average Bonchev–Trinajstić information content (AvgIpc) is 2.67. The van der Waals surface area contributed by atoms with E-state index in [2.05, 4.69) is 41.6 Å². The summed E-state index contributed by atoms with van der Waals surface area (Å²) in [5.74, 6) is 1.14. The predicted molar refractivity (Wildman–Crippen MR) is 71.5 cm³/mol. The Labute approximate surface area is 107 Å². The molecule has 96 valence electrons. The van der Waals surface area contributed by atoms with Crippen LogP contribution in [-0.4, -0.2) is 40.8 Å². The van der Waals surface area contributed by atoms with Crippen molar-refractivity contribution >= 4 is 11.0 Å². The van der Waals surface area contributed by atoms with Crippen molar-refractivity contribution in [3.05, 3.63) is 29.6 Å². The topological polar surface area (TPSA) is 30.3 Å². The van der Waals surface area contributed by atoms with Gasteiger partial charge in [-0.1, -0.05) is 6.07 Å². The van der Waals surface area contributed by atoms with E-state index in [4.69, 9.17) is 9.72 Å². The number of aryl methyl sites for hydroxylation is 2. The summed E-state index contributed by atoms with van der Waals surface area (Å²) in [4.78, 5) is 7.15. The number of nitrogens with zero attached hydrogens (tertiary/aromatic N) is 3. The molecule has 2 aromatic rings. The van der Waals surface area contributed by atoms with Crippen LogP contribution in [0.25, 0.3) is 11.0 Å². The Bertz CT molecular complexity index is 555. The maximum Gasteiger partial charge on any atom is 0.123 e. The summed E-state index contributed by atoms with van der Waals surface area (Å²) in [7, 11) is 2.10. The molecule has 1 aromatic carbocycles. The first kappa shape index (κ1) is 11.7. The van der Waals surface area contributed by atoms with E-state index in [1.807, 2.05) is 0 Å². The molecular weight excluding hydrogens is 226 g/mol. The molecule has 0 unspecified atom stereocenters. The van der Waals surface area contributed by atoms with E-state index in [-0.39, 0.29) is 0 Å². The van der Waals surface area contributed by atoms with Gasteiger partial charge in [-0.15, -0.1) is 0 Å². The van der Waals surface area contributed by atoms with Crippen molar-refractivity contribution in [3.8, 4) is 0 Å². The lowest BCUT2D eigenvalue weighted by Crippen LogP contribution is -2.36. The van der Waals surface area contributed by atoms with E-state index < -0.39 is 0 Å². The smallest absolute Gasteiger partial charge is 0.123 e. The fourth-order valence-corrected chi connectivity index (χ4v) is 2.46. The van der Waals surface area contributed by atoms with E-state index in [0.717, 1.165) is 44.2 Å². The zero-order valence-electron chi connectivity index (χ0n) is 11.0. The Morgan fingerprint density at radius 1 is 1.28 bits per heavy atom. The van der Waals surface area contributed by atoms with Crippen molar-refractivity contribution in [1.82, 2.24) is 14.5 Å². The minimum atomic E-state index is 0.836. The lowest BCUT2D eigenvalue weighted by Gasteiger charge is -2.26. The van der Waals surface area contributed by atoms with Crippen LogP contribution in [0, 0.1) is 6.92 Å². The van der Waals surface area contributed by atoms with Crippen molar-refractivity contribution in [2.24, 2.45) is 7.05 Å². The molecule has 18 heavy (non-hydrogen) atoms. The van der Waals surface area contributed by atoms with Crippen LogP contribution in [0.15, 0.2) is 18.2 Å². The van der Waals surface area contributed by atoms with E-state index in [1.54, 1.807) is 0 Å². The first-order valence-corrected chi connectivity index (χ1v) is 6.46. The fourth-order valence-electron chi connectivity index (χ4n) is 2.46. The Hall–Kier alpha value is -1.39. The van der Waals surface area contributed by atoms with Gasteiger partial charge in [0.1, 0.15) is 5.82 Å². The van der Waals surface area contributed by atoms with Gasteiger partial charge in [0.25, 0.3) is 0 Å². The number of hydrogen-bond donors (Lipinski definition) is 0. The molecular formula is C14H19N3O. The molecule has 1 aliphatic rings. The summed E-state index contributed by atoms with van der Waals surface area (Å²) < 4.78 is 7.57. The van der Waals surface area contributed by atoms with Gasteiger partial charge < -0.3 is 9.30 Å². The van der Waals surface area contributed by atoms with Gasteiger partial charge in [-0.25, -0.2) is 4.98 Å². The van der Waals surface area contributed by atoms with Crippen molar-refractivity contribution in [1.29, 1.82) is 0 Å². The number of ether oxygens (including phenoxy) is 1. The Balaban J connectivity index is 1.89. The molecule has 0 bridgehead atoms. The van der Waals surface area contributed by atoms with Gasteiger partial charge in [0.2, 0.25) is 0 Å². The van der Waals surface area contributed by atoms with Gasteiger partial charge in [-0.2, -0.15) is 0 Å². The summed E-state index contributed by atoms with van der Waals surface area (Å²) in [6.07, 6.45) is 0. The minimum absolute atomic E-state index is 0.836. The number of morpholine rings is 1. The maximum absolute atomic E-state index is 5.37. The number of aromatic nitrogens is 2. The van der Waals surface area contributed by atoms with Crippen LogP contribution in [0.2, 0.25) is 0 Å². The number of hydrogen-bond acceptors (Lipinski definition) is 3. The molecule has 3 rings (SSSR count). The number of rotatable bonds is 2. The normalized spacial score (nSPS) is 17.4. The molecule has 1 saturated heterocycles. The molecule has 4 nitrogen and oxygen atoms in total. The van der Waals surface area contributed by atoms with Crippen LogP contribution in [-0.2, 0) is 18.3 Å². The highest BCUT2D eigenvalue weighted by molar-refractivity contribution is 5.76. The molecule has 4 heteroatoms. The predicted octanol–water partition coefficient (Wildman–Crippen LogP) is 1.71. The average molecular weight is 245 g/mol. The van der Waals surface area contributed by atoms with Crippen LogP contribution < -0.4 is 0 Å². The van der Waals surface area contributed by atoms with Crippen molar-refractivity contribution in [2.45, 2.75) is 13.5 Å². The summed E-state index contributed by atoms with van der Waals surface area (Å²) in [6, 6.07) is 6.45. The molecule has 1 aliphatic heterocycles. The van der Waals surface area contributed by atoms with Gasteiger partial charge >= 0.3 is 0 Å². The first-order chi connectivity index (χ1) is 8.74. The van der Waals surface area contributed by atoms with Gasteiger partial charge in [-0.3, -0.25) is 4.90 Å². The van der Waals surface area contributed by atoms with Crippen LogP contribution in [0.1, 0.15) is 11.4 Å². The summed E-state index contributed by atoms with van der Waals surface area (Å²) in [6.45, 7) is 6.69. The van der Waals surface area contributed by atoms with E-state index in [1.165, 1.54) is 11.1 Å². The molecule has 0 spiro atoms. The molecule has 0 N–H and O–H groups in total. The quantitative estimate of drug-likeness (QED) is 0.807. The molecule has 0 saturated carbocycles. The Morgan fingerprint density at radius 2 is 2.06 bits per heavy atom. The fraction of sp³-hybridized carbons (Fsp3) is 0.500. The van der Waals surface area contributed by atoms with Crippen molar-refractivity contribution < 1.29 is 4.74 Å². The van der Waals surface area contributed by atoms with Gasteiger partial charge in [0.05, 0.1) is 30.8 Å². The van der Waals surface area contributed by atoms with Crippen molar-refractivity contribution in [3.63, 3.8) is 0 Å². The van der Waals surface area contributed by atoms with Gasteiger partial charge in [-0.05, 0) is 24.6 Å². The molecule has 1 fully saturated rings. The first-order valence-electron chi connectivity index (χ1n) is 6.46. The maximum atomic E-state index is 5.37. The Kier molecular flexibility index (Phi) is 3.06. The van der Waals surface area contributed by atoms with Crippen LogP contribution in [0.5, 0.6) is 0 Å². The van der Waals surface area contributed by atoms with Crippen LogP contribution in [0.4, 0.5) is 0 Å². The summed E-state index contributed by atoms with van der Waals surface area (Å²) in [5.41, 5.74) is 3.57. The molecule has 0 radical (unpaired) electrons. The third-order valence-corrected chi connectivity index (χ3v) is 3.60. The van der Waals surface area contributed by atoms with Gasteiger partial charge in [0, 0.05) is 20.1 Å². The van der Waals surface area contributed by atoms with Gasteiger partial charge in [0.15, 0.2) is 0 Å². The second kappa shape index (κ2) is 4.71. The highest BCUT2D eigenvalue weighted by Crippen LogP contribution is 2.17. The van der Waals surface area contributed by atoms with E-state index in [9.17, 15) is 0 Å². The lowest BCUT2D eigenvalue weighted by molar-refractivity contribution is 0.0328. The SMILES string of the molecule is Cc1ccc2c(c1)nc(CN1CCOCC1)n2C. The zero-order chi connectivity index (χ0) is 12.5. The molecule has 0 aliphatic carbocycles. The standard InChI is InChI=1S/C14H19N3O/c1-11-3-4-13-12(9-11)15-14(16(13)2)10-17-5-7-18-8-6-17/h3-4,9H,5-8,10H2,1-2H3. The molecule has 0 amide bonds. The van der Waals surface area contributed by atoms with Crippen LogP contribution in [0.3, 0.4) is 0 Å². The molecule has 0 atom stereocenters. The third-order valence-electron chi connectivity index (χ3n) is 3.60. The number of benzene rings is 1. The summed E-state index contributed by atoms with van der Waals surface area (Å²) in [5, 5.41) is 0. The Morgan fingerprint density at radius 3 is 2.83 bits per heavy atom. The highest BCUT2D eigenvalue weighted by Gasteiger charge is 2.14. The highest BCUT2D eigenvalue weighted by atomic mass is 16.5. The minimum Gasteiger partial charge on any atom is -0.379 e. The second-order valence-corrected chi connectivity index (χ2v) is 4.97. The molecule has 1 aromatic heterocycles. The monoisotopic (exact) mass is 245 g/mol. The zero-order valence-corrected chi connectivity index (χ0v) is 11.0. The van der Waals surface area contributed by atoms with Crippen LogP contribution >= 0.6 is 0 Å². The third kappa shape index (κ3) is 2.13. The van der Waals surface area contributed by atoms with E-state index in [0.29, 0.717) is 0 Å². The summed E-state index contributed by atoms with van der Waals surface area (Å²) >= 11 is 0. The van der Waals surface area contributed by atoms with E-state index >= 15 is 0 Å². The molecule has 2 heterocycles. The second-order valence-electron chi connectivity index (χ2n) is 4.97. The largest absolute Gasteiger partial charge is 0.379 e.